The van der Waals surface area contributed by atoms with Gasteiger partial charge in [-0.25, -0.2) is 0 Å². The third-order valence-corrected chi connectivity index (χ3v) is 3.52. The van der Waals surface area contributed by atoms with Crippen LogP contribution in [-0.4, -0.2) is 11.7 Å². The Labute approximate surface area is 143 Å². The van der Waals surface area contributed by atoms with Crippen LogP contribution in [0.3, 0.4) is 0 Å². The van der Waals surface area contributed by atoms with Crippen LogP contribution in [0.1, 0.15) is 16.7 Å². The third-order valence-electron chi connectivity index (χ3n) is 3.23. The maximum atomic E-state index is 5.77. The average Bonchev–Trinajstić information content (AvgIpc) is 2.59. The molecular weight excluding hydrogens is 304 g/mol. The molecular formula is C19H22N2OS. The molecule has 0 unspecified atom stereocenters. The minimum atomic E-state index is 0.599. The van der Waals surface area contributed by atoms with Crippen molar-refractivity contribution in [2.45, 2.75) is 19.8 Å². The maximum absolute atomic E-state index is 5.77. The lowest BCUT2D eigenvalue weighted by Crippen LogP contribution is -2.34. The molecule has 0 amide bonds. The van der Waals surface area contributed by atoms with Gasteiger partial charge in [-0.2, -0.15) is 0 Å². The molecule has 0 aliphatic rings. The normalized spacial score (nSPS) is 10.1. The second-order valence-electron chi connectivity index (χ2n) is 5.15. The van der Waals surface area contributed by atoms with Gasteiger partial charge in [-0.05, 0) is 28.9 Å². The second kappa shape index (κ2) is 9.77. The highest BCUT2D eigenvalue weighted by molar-refractivity contribution is 7.80. The van der Waals surface area contributed by atoms with Crippen molar-refractivity contribution in [3.05, 3.63) is 83.9 Å². The number of ether oxygens (including phenoxy) is 1. The van der Waals surface area contributed by atoms with Crippen LogP contribution in [0.2, 0.25) is 0 Å². The smallest absolute Gasteiger partial charge is 0.166 e. The Balaban J connectivity index is 1.77. The summed E-state index contributed by atoms with van der Waals surface area (Å²) >= 11 is 5.18. The Morgan fingerprint density at radius 3 is 2.43 bits per heavy atom. The molecule has 2 rings (SSSR count). The van der Waals surface area contributed by atoms with E-state index in [2.05, 4.69) is 47.5 Å². The van der Waals surface area contributed by atoms with Gasteiger partial charge >= 0.3 is 0 Å². The number of hydrogen-bond acceptors (Lipinski definition) is 2. The van der Waals surface area contributed by atoms with E-state index in [0.29, 0.717) is 31.4 Å². The molecule has 0 aliphatic heterocycles. The zero-order valence-corrected chi connectivity index (χ0v) is 13.9. The summed E-state index contributed by atoms with van der Waals surface area (Å²) in [5.74, 6) is 0. The SMILES string of the molecule is C=CCNC(=S)NCc1cccc(COCc2ccccc2)c1. The molecule has 120 valence electrons. The van der Waals surface area contributed by atoms with E-state index in [1.807, 2.05) is 24.3 Å². The quantitative estimate of drug-likeness (QED) is 0.574. The largest absolute Gasteiger partial charge is 0.372 e. The second-order valence-corrected chi connectivity index (χ2v) is 5.56. The van der Waals surface area contributed by atoms with Crippen molar-refractivity contribution in [2.24, 2.45) is 0 Å². The summed E-state index contributed by atoms with van der Waals surface area (Å²) < 4.78 is 5.77. The number of hydrogen-bond donors (Lipinski definition) is 2. The molecule has 23 heavy (non-hydrogen) atoms. The topological polar surface area (TPSA) is 33.3 Å². The standard InChI is InChI=1S/C19H22N2OS/c1-2-11-20-19(23)21-13-17-9-6-10-18(12-17)15-22-14-16-7-4-3-5-8-16/h2-10,12H,1,11,13-15H2,(H2,20,21,23). The van der Waals surface area contributed by atoms with Gasteiger partial charge in [-0.15, -0.1) is 6.58 Å². The van der Waals surface area contributed by atoms with Crippen molar-refractivity contribution in [1.82, 2.24) is 10.6 Å². The first-order chi connectivity index (χ1) is 11.3. The predicted molar refractivity (Wildman–Crippen MR) is 99.0 cm³/mol. The van der Waals surface area contributed by atoms with E-state index in [1.54, 1.807) is 6.08 Å². The lowest BCUT2D eigenvalue weighted by atomic mass is 10.1. The third kappa shape index (κ3) is 6.63. The molecule has 4 heteroatoms. The van der Waals surface area contributed by atoms with Gasteiger partial charge < -0.3 is 15.4 Å². The summed E-state index contributed by atoms with van der Waals surface area (Å²) in [4.78, 5) is 0. The maximum Gasteiger partial charge on any atom is 0.166 e. The molecule has 2 aromatic carbocycles. The van der Waals surface area contributed by atoms with Gasteiger partial charge in [-0.1, -0.05) is 60.7 Å². The number of benzene rings is 2. The van der Waals surface area contributed by atoms with E-state index >= 15 is 0 Å². The Hall–Kier alpha value is -2.17. The summed E-state index contributed by atoms with van der Waals surface area (Å²) in [6.45, 7) is 6.23. The van der Waals surface area contributed by atoms with E-state index in [1.165, 1.54) is 11.1 Å². The van der Waals surface area contributed by atoms with E-state index < -0.39 is 0 Å². The number of rotatable bonds is 8. The van der Waals surface area contributed by atoms with E-state index in [-0.39, 0.29) is 0 Å². The van der Waals surface area contributed by atoms with Crippen LogP contribution >= 0.6 is 12.2 Å². The van der Waals surface area contributed by atoms with Gasteiger partial charge in [0.2, 0.25) is 0 Å². The predicted octanol–water partition coefficient (Wildman–Crippen LogP) is 3.55. The Kier molecular flexibility index (Phi) is 7.30. The molecule has 0 bridgehead atoms. The molecule has 0 fully saturated rings. The van der Waals surface area contributed by atoms with Crippen LogP contribution in [0.5, 0.6) is 0 Å². The monoisotopic (exact) mass is 326 g/mol. The van der Waals surface area contributed by atoms with Crippen LogP contribution in [-0.2, 0) is 24.5 Å². The van der Waals surface area contributed by atoms with Gasteiger partial charge in [0.15, 0.2) is 5.11 Å². The van der Waals surface area contributed by atoms with Crippen molar-refractivity contribution in [3.8, 4) is 0 Å². The summed E-state index contributed by atoms with van der Waals surface area (Å²) in [6, 6.07) is 18.5. The lowest BCUT2D eigenvalue weighted by molar-refractivity contribution is 0.107. The summed E-state index contributed by atoms with van der Waals surface area (Å²) in [5.41, 5.74) is 3.52. The highest BCUT2D eigenvalue weighted by atomic mass is 32.1. The Morgan fingerprint density at radius 1 is 0.957 bits per heavy atom. The lowest BCUT2D eigenvalue weighted by Gasteiger charge is -2.10. The van der Waals surface area contributed by atoms with Crippen LogP contribution < -0.4 is 10.6 Å². The fourth-order valence-corrected chi connectivity index (χ4v) is 2.26. The average molecular weight is 326 g/mol. The first-order valence-corrected chi connectivity index (χ1v) is 8.01. The van der Waals surface area contributed by atoms with Crippen molar-refractivity contribution in [3.63, 3.8) is 0 Å². The molecule has 0 radical (unpaired) electrons. The first kappa shape index (κ1) is 17.2. The van der Waals surface area contributed by atoms with Crippen LogP contribution in [0.15, 0.2) is 67.3 Å². The van der Waals surface area contributed by atoms with E-state index in [0.717, 1.165) is 5.56 Å². The molecule has 3 nitrogen and oxygen atoms in total. The van der Waals surface area contributed by atoms with Crippen molar-refractivity contribution in [2.75, 3.05) is 6.54 Å². The van der Waals surface area contributed by atoms with E-state index in [9.17, 15) is 0 Å². The molecule has 2 N–H and O–H groups in total. The minimum Gasteiger partial charge on any atom is -0.372 e. The van der Waals surface area contributed by atoms with Crippen molar-refractivity contribution in [1.29, 1.82) is 0 Å². The van der Waals surface area contributed by atoms with Crippen LogP contribution in [0, 0.1) is 0 Å². The molecule has 0 spiro atoms. The molecule has 2 aromatic rings. The fourth-order valence-electron chi connectivity index (χ4n) is 2.10. The van der Waals surface area contributed by atoms with Crippen molar-refractivity contribution >= 4 is 17.3 Å². The summed E-state index contributed by atoms with van der Waals surface area (Å²) in [7, 11) is 0. The number of thiocarbonyl (C=S) groups is 1. The fraction of sp³-hybridized carbons (Fsp3) is 0.211. The minimum absolute atomic E-state index is 0.599. The molecule has 0 heterocycles. The highest BCUT2D eigenvalue weighted by Crippen LogP contribution is 2.09. The Bertz CT molecular complexity index is 628. The zero-order valence-electron chi connectivity index (χ0n) is 13.1. The van der Waals surface area contributed by atoms with Gasteiger partial charge in [-0.3, -0.25) is 0 Å². The highest BCUT2D eigenvalue weighted by Gasteiger charge is 1.99. The van der Waals surface area contributed by atoms with Gasteiger partial charge in [0.05, 0.1) is 13.2 Å². The van der Waals surface area contributed by atoms with E-state index in [4.69, 9.17) is 17.0 Å². The Morgan fingerprint density at radius 2 is 1.65 bits per heavy atom. The summed E-state index contributed by atoms with van der Waals surface area (Å²) in [6.07, 6.45) is 1.78. The molecule has 0 saturated heterocycles. The van der Waals surface area contributed by atoms with Gasteiger partial charge in [0.25, 0.3) is 0 Å². The van der Waals surface area contributed by atoms with Gasteiger partial charge in [0.1, 0.15) is 0 Å². The molecule has 0 aromatic heterocycles. The van der Waals surface area contributed by atoms with Crippen molar-refractivity contribution < 1.29 is 4.74 Å². The molecule has 0 saturated carbocycles. The molecule has 0 aliphatic carbocycles. The first-order valence-electron chi connectivity index (χ1n) is 7.60. The zero-order chi connectivity index (χ0) is 16.3. The number of nitrogens with one attached hydrogen (secondary N) is 2. The van der Waals surface area contributed by atoms with Gasteiger partial charge in [0, 0.05) is 13.1 Å². The van der Waals surface area contributed by atoms with Crippen LogP contribution in [0.4, 0.5) is 0 Å². The summed E-state index contributed by atoms with van der Waals surface area (Å²) in [5, 5.41) is 6.86. The van der Waals surface area contributed by atoms with Crippen LogP contribution in [0.25, 0.3) is 0 Å². The molecule has 0 atom stereocenters.